The Balaban J connectivity index is 1.97. The third-order valence-electron chi connectivity index (χ3n) is 4.15. The van der Waals surface area contributed by atoms with Crippen molar-refractivity contribution in [2.75, 3.05) is 0 Å². The van der Waals surface area contributed by atoms with Gasteiger partial charge in [-0.05, 0) is 42.0 Å². The molecule has 3 nitrogen and oxygen atoms in total. The highest BCUT2D eigenvalue weighted by atomic mass is 35.5. The minimum atomic E-state index is -0.0422. The Kier molecular flexibility index (Phi) is 4.08. The first-order chi connectivity index (χ1) is 12.2. The molecule has 0 saturated heterocycles. The number of para-hydroxylation sites is 1. The number of aromatic nitrogens is 2. The standard InChI is InChI=1S/C21H15ClN2O/c22-17-12-10-16(11-13-17)20-23-19-9-5-4-8-18(19)21(25)24(20)14-15-6-2-1-3-7-15/h1-13H,14H2. The van der Waals surface area contributed by atoms with Gasteiger partial charge in [-0.3, -0.25) is 9.36 Å². The molecule has 0 aliphatic heterocycles. The van der Waals surface area contributed by atoms with E-state index in [2.05, 4.69) is 0 Å². The summed E-state index contributed by atoms with van der Waals surface area (Å²) in [5, 5.41) is 1.28. The molecule has 0 bridgehead atoms. The minimum Gasteiger partial charge on any atom is -0.288 e. The molecule has 25 heavy (non-hydrogen) atoms. The van der Waals surface area contributed by atoms with Crippen LogP contribution in [0.5, 0.6) is 0 Å². The Hall–Kier alpha value is -2.91. The van der Waals surface area contributed by atoms with E-state index < -0.39 is 0 Å². The molecule has 0 radical (unpaired) electrons. The van der Waals surface area contributed by atoms with E-state index in [4.69, 9.17) is 16.6 Å². The zero-order valence-corrected chi connectivity index (χ0v) is 14.1. The van der Waals surface area contributed by atoms with Gasteiger partial charge < -0.3 is 0 Å². The summed E-state index contributed by atoms with van der Waals surface area (Å²) in [4.78, 5) is 17.8. The number of benzene rings is 3. The zero-order valence-electron chi connectivity index (χ0n) is 13.4. The van der Waals surface area contributed by atoms with Crippen LogP contribution in [-0.2, 0) is 6.54 Å². The summed E-state index contributed by atoms with van der Waals surface area (Å²) in [6.07, 6.45) is 0. The van der Waals surface area contributed by atoms with Crippen molar-refractivity contribution < 1.29 is 0 Å². The van der Waals surface area contributed by atoms with Crippen LogP contribution in [0.2, 0.25) is 5.02 Å². The average molecular weight is 347 g/mol. The average Bonchev–Trinajstić information content (AvgIpc) is 2.65. The van der Waals surface area contributed by atoms with Gasteiger partial charge in [0.1, 0.15) is 5.82 Å². The molecule has 3 aromatic carbocycles. The quantitative estimate of drug-likeness (QED) is 0.536. The molecule has 4 rings (SSSR count). The molecule has 122 valence electrons. The van der Waals surface area contributed by atoms with Crippen molar-refractivity contribution in [3.05, 3.63) is 99.8 Å². The largest absolute Gasteiger partial charge is 0.288 e. The van der Waals surface area contributed by atoms with E-state index in [0.29, 0.717) is 28.3 Å². The van der Waals surface area contributed by atoms with Crippen molar-refractivity contribution >= 4 is 22.5 Å². The molecule has 0 unspecified atom stereocenters. The summed E-state index contributed by atoms with van der Waals surface area (Å²) in [5.74, 6) is 0.643. The van der Waals surface area contributed by atoms with Crippen LogP contribution >= 0.6 is 11.6 Å². The van der Waals surface area contributed by atoms with Crippen LogP contribution in [0, 0.1) is 0 Å². The van der Waals surface area contributed by atoms with Gasteiger partial charge >= 0.3 is 0 Å². The molecule has 0 N–H and O–H groups in total. The lowest BCUT2D eigenvalue weighted by Crippen LogP contribution is -2.24. The van der Waals surface area contributed by atoms with Crippen molar-refractivity contribution in [3.63, 3.8) is 0 Å². The summed E-state index contributed by atoms with van der Waals surface area (Å²) in [6, 6.07) is 24.7. The SMILES string of the molecule is O=c1c2ccccc2nc(-c2ccc(Cl)cc2)n1Cc1ccccc1. The van der Waals surface area contributed by atoms with Crippen LogP contribution in [0.25, 0.3) is 22.3 Å². The highest BCUT2D eigenvalue weighted by molar-refractivity contribution is 6.30. The van der Waals surface area contributed by atoms with Gasteiger partial charge in [0.05, 0.1) is 17.4 Å². The lowest BCUT2D eigenvalue weighted by atomic mass is 10.1. The monoisotopic (exact) mass is 346 g/mol. The number of halogens is 1. The van der Waals surface area contributed by atoms with Crippen LogP contribution < -0.4 is 5.56 Å². The highest BCUT2D eigenvalue weighted by Crippen LogP contribution is 2.22. The summed E-state index contributed by atoms with van der Waals surface area (Å²) in [6.45, 7) is 0.468. The highest BCUT2D eigenvalue weighted by Gasteiger charge is 2.13. The third kappa shape index (κ3) is 3.06. The summed E-state index contributed by atoms with van der Waals surface area (Å²) in [7, 11) is 0. The number of hydrogen-bond donors (Lipinski definition) is 0. The summed E-state index contributed by atoms with van der Waals surface area (Å²) < 4.78 is 1.72. The number of hydrogen-bond acceptors (Lipinski definition) is 2. The second kappa shape index (κ2) is 6.54. The molecular weight excluding hydrogens is 332 g/mol. The molecule has 0 aliphatic carbocycles. The van der Waals surface area contributed by atoms with Crippen LogP contribution in [0.15, 0.2) is 83.7 Å². The molecule has 0 fully saturated rings. The number of rotatable bonds is 3. The molecule has 1 heterocycles. The molecule has 0 amide bonds. The van der Waals surface area contributed by atoms with Gasteiger partial charge in [-0.15, -0.1) is 0 Å². The van der Waals surface area contributed by atoms with Crippen molar-refractivity contribution in [3.8, 4) is 11.4 Å². The van der Waals surface area contributed by atoms with Gasteiger partial charge in [0.2, 0.25) is 0 Å². The van der Waals surface area contributed by atoms with Gasteiger partial charge in [0.15, 0.2) is 0 Å². The Bertz CT molecular complexity index is 1090. The van der Waals surface area contributed by atoms with Crippen molar-refractivity contribution in [1.29, 1.82) is 0 Å². The van der Waals surface area contributed by atoms with Gasteiger partial charge in [-0.1, -0.05) is 54.1 Å². The summed E-state index contributed by atoms with van der Waals surface area (Å²) >= 11 is 6.01. The van der Waals surface area contributed by atoms with E-state index >= 15 is 0 Å². The first-order valence-electron chi connectivity index (χ1n) is 8.02. The van der Waals surface area contributed by atoms with Crippen LogP contribution in [-0.4, -0.2) is 9.55 Å². The maximum absolute atomic E-state index is 13.1. The van der Waals surface area contributed by atoms with E-state index in [0.717, 1.165) is 11.1 Å². The number of fused-ring (bicyclic) bond motifs is 1. The van der Waals surface area contributed by atoms with Crippen molar-refractivity contribution in [1.82, 2.24) is 9.55 Å². The van der Waals surface area contributed by atoms with Gasteiger partial charge in [0, 0.05) is 10.6 Å². The normalized spacial score (nSPS) is 10.9. The van der Waals surface area contributed by atoms with E-state index in [9.17, 15) is 4.79 Å². The fourth-order valence-electron chi connectivity index (χ4n) is 2.90. The lowest BCUT2D eigenvalue weighted by Gasteiger charge is -2.14. The summed E-state index contributed by atoms with van der Waals surface area (Å²) in [5.41, 5.74) is 2.57. The Morgan fingerprint density at radius 2 is 1.52 bits per heavy atom. The molecular formula is C21H15ClN2O. The third-order valence-corrected chi connectivity index (χ3v) is 4.40. The topological polar surface area (TPSA) is 34.9 Å². The number of nitrogens with zero attached hydrogens (tertiary/aromatic N) is 2. The Labute approximate surface area is 150 Å². The van der Waals surface area contributed by atoms with Gasteiger partial charge in [-0.2, -0.15) is 0 Å². The van der Waals surface area contributed by atoms with E-state index in [1.807, 2.05) is 78.9 Å². The Morgan fingerprint density at radius 1 is 0.840 bits per heavy atom. The maximum Gasteiger partial charge on any atom is 0.261 e. The predicted octanol–water partition coefficient (Wildman–Crippen LogP) is 4.77. The fourth-order valence-corrected chi connectivity index (χ4v) is 3.03. The van der Waals surface area contributed by atoms with Crippen LogP contribution in [0.4, 0.5) is 0 Å². The van der Waals surface area contributed by atoms with E-state index in [1.54, 1.807) is 4.57 Å². The van der Waals surface area contributed by atoms with Crippen molar-refractivity contribution in [2.24, 2.45) is 0 Å². The maximum atomic E-state index is 13.1. The second-order valence-corrected chi connectivity index (χ2v) is 6.27. The Morgan fingerprint density at radius 3 is 2.28 bits per heavy atom. The molecule has 0 aliphatic rings. The molecule has 0 atom stereocenters. The smallest absolute Gasteiger partial charge is 0.261 e. The first-order valence-corrected chi connectivity index (χ1v) is 8.39. The van der Waals surface area contributed by atoms with E-state index in [1.165, 1.54) is 0 Å². The predicted molar refractivity (Wildman–Crippen MR) is 102 cm³/mol. The van der Waals surface area contributed by atoms with Gasteiger partial charge in [0.25, 0.3) is 5.56 Å². The molecule has 1 aromatic heterocycles. The van der Waals surface area contributed by atoms with E-state index in [-0.39, 0.29) is 5.56 Å². The lowest BCUT2D eigenvalue weighted by molar-refractivity contribution is 0.759. The zero-order chi connectivity index (χ0) is 17.2. The second-order valence-electron chi connectivity index (χ2n) is 5.84. The fraction of sp³-hybridized carbons (Fsp3) is 0.0476. The van der Waals surface area contributed by atoms with Gasteiger partial charge in [-0.25, -0.2) is 4.98 Å². The minimum absolute atomic E-state index is 0.0422. The molecule has 4 aromatic rings. The van der Waals surface area contributed by atoms with Crippen LogP contribution in [0.1, 0.15) is 5.56 Å². The molecule has 0 spiro atoms. The van der Waals surface area contributed by atoms with Crippen molar-refractivity contribution in [2.45, 2.75) is 6.54 Å². The first kappa shape index (κ1) is 15.6. The molecule has 4 heteroatoms. The van der Waals surface area contributed by atoms with Crippen LogP contribution in [0.3, 0.4) is 0 Å². The molecule has 0 saturated carbocycles.